The number of amides is 1. The van der Waals surface area contributed by atoms with Gasteiger partial charge in [-0.1, -0.05) is 0 Å². The van der Waals surface area contributed by atoms with E-state index >= 15 is 0 Å². The quantitative estimate of drug-likeness (QED) is 0.413. The van der Waals surface area contributed by atoms with Crippen LogP contribution in [0.5, 0.6) is 0 Å². The second kappa shape index (κ2) is 9.67. The molecule has 0 rings (SSSR count). The Bertz CT molecular complexity index is 200. The average molecular weight is 233 g/mol. The van der Waals surface area contributed by atoms with Gasteiger partial charge in [0.05, 0.1) is 6.54 Å². The summed E-state index contributed by atoms with van der Waals surface area (Å²) in [6.07, 6.45) is 0.888. The first kappa shape index (κ1) is 14.1. The van der Waals surface area contributed by atoms with Gasteiger partial charge in [0.15, 0.2) is 5.11 Å². The lowest BCUT2D eigenvalue weighted by atomic mass is 10.4. The Morgan fingerprint density at radius 1 is 1.33 bits per heavy atom. The summed E-state index contributed by atoms with van der Waals surface area (Å²) in [4.78, 5) is 11.0. The van der Waals surface area contributed by atoms with Crippen LogP contribution in [0.15, 0.2) is 0 Å². The number of hydrogen-bond acceptors (Lipinski definition) is 3. The van der Waals surface area contributed by atoms with E-state index in [9.17, 15) is 4.79 Å². The van der Waals surface area contributed by atoms with Crippen LogP contribution in [0.1, 0.15) is 13.3 Å². The number of nitrogens with one attached hydrogen (secondary N) is 3. The largest absolute Gasteiger partial charge is 0.385 e. The fraction of sp³-hybridized carbons (Fsp3) is 0.778. The molecule has 0 radical (unpaired) electrons. The molecule has 0 saturated heterocycles. The van der Waals surface area contributed by atoms with Crippen LogP contribution >= 0.6 is 12.2 Å². The molecule has 0 aliphatic heterocycles. The number of ether oxygens (including phenoxy) is 1. The molecule has 0 fully saturated rings. The number of rotatable bonds is 7. The second-order valence-corrected chi connectivity index (χ2v) is 3.32. The molecular weight excluding hydrogens is 214 g/mol. The van der Waals surface area contributed by atoms with Crippen molar-refractivity contribution in [3.8, 4) is 0 Å². The Morgan fingerprint density at radius 2 is 2.07 bits per heavy atom. The van der Waals surface area contributed by atoms with Gasteiger partial charge in [-0.25, -0.2) is 0 Å². The van der Waals surface area contributed by atoms with Gasteiger partial charge in [0.25, 0.3) is 0 Å². The van der Waals surface area contributed by atoms with Gasteiger partial charge < -0.3 is 20.7 Å². The van der Waals surface area contributed by atoms with Crippen molar-refractivity contribution in [1.82, 2.24) is 16.0 Å². The molecule has 0 aromatic carbocycles. The third-order valence-electron chi connectivity index (χ3n) is 1.59. The molecule has 5 nitrogen and oxygen atoms in total. The normalized spacial score (nSPS) is 9.47. The van der Waals surface area contributed by atoms with Gasteiger partial charge in [0.1, 0.15) is 0 Å². The second-order valence-electron chi connectivity index (χ2n) is 2.91. The Kier molecular flexibility index (Phi) is 9.10. The molecule has 0 aliphatic rings. The summed E-state index contributed by atoms with van der Waals surface area (Å²) in [6.45, 7) is 4.17. The third kappa shape index (κ3) is 9.42. The number of carbonyl (C=O) groups is 1. The average Bonchev–Trinajstić information content (AvgIpc) is 2.22. The SMILES string of the molecule is CCNC(=O)CNC(=S)NCCCOC. The first-order chi connectivity index (χ1) is 7.20. The number of hydrogen-bond donors (Lipinski definition) is 3. The maximum absolute atomic E-state index is 11.0. The highest BCUT2D eigenvalue weighted by atomic mass is 32.1. The molecular formula is C9H19N3O2S. The summed E-state index contributed by atoms with van der Waals surface area (Å²) >= 11 is 4.96. The van der Waals surface area contributed by atoms with Gasteiger partial charge in [-0.05, 0) is 25.6 Å². The standard InChI is InChI=1S/C9H19N3O2S/c1-3-10-8(13)7-12-9(15)11-5-4-6-14-2/h3-7H2,1-2H3,(H,10,13)(H2,11,12,15). The van der Waals surface area contributed by atoms with Crippen LogP contribution in [0.25, 0.3) is 0 Å². The van der Waals surface area contributed by atoms with Crippen LogP contribution in [0, 0.1) is 0 Å². The molecule has 0 aromatic rings. The van der Waals surface area contributed by atoms with E-state index in [4.69, 9.17) is 17.0 Å². The Labute approximate surface area is 95.9 Å². The monoisotopic (exact) mass is 233 g/mol. The van der Waals surface area contributed by atoms with E-state index in [1.807, 2.05) is 6.92 Å². The van der Waals surface area contributed by atoms with Crippen LogP contribution < -0.4 is 16.0 Å². The van der Waals surface area contributed by atoms with E-state index in [1.54, 1.807) is 7.11 Å². The van der Waals surface area contributed by atoms with Crippen molar-refractivity contribution in [3.05, 3.63) is 0 Å². The first-order valence-electron chi connectivity index (χ1n) is 4.98. The molecule has 0 aromatic heterocycles. The van der Waals surface area contributed by atoms with Crippen molar-refractivity contribution in [2.75, 3.05) is 33.4 Å². The number of likely N-dealkylation sites (N-methyl/N-ethyl adjacent to an activating group) is 1. The van der Waals surface area contributed by atoms with Crippen LogP contribution in [0.3, 0.4) is 0 Å². The van der Waals surface area contributed by atoms with Gasteiger partial charge in [-0.3, -0.25) is 4.79 Å². The van der Waals surface area contributed by atoms with Crippen LogP contribution in [0.4, 0.5) is 0 Å². The fourth-order valence-electron chi connectivity index (χ4n) is 0.901. The number of carbonyl (C=O) groups excluding carboxylic acids is 1. The maximum atomic E-state index is 11.0. The van der Waals surface area contributed by atoms with Crippen molar-refractivity contribution in [2.24, 2.45) is 0 Å². The summed E-state index contributed by atoms with van der Waals surface area (Å²) in [7, 11) is 1.66. The van der Waals surface area contributed by atoms with E-state index in [-0.39, 0.29) is 12.5 Å². The van der Waals surface area contributed by atoms with Gasteiger partial charge in [0, 0.05) is 26.8 Å². The van der Waals surface area contributed by atoms with Crippen molar-refractivity contribution in [2.45, 2.75) is 13.3 Å². The summed E-state index contributed by atoms with van der Waals surface area (Å²) < 4.78 is 4.89. The fourth-order valence-corrected chi connectivity index (χ4v) is 1.08. The molecule has 0 aliphatic carbocycles. The lowest BCUT2D eigenvalue weighted by Crippen LogP contribution is -2.42. The van der Waals surface area contributed by atoms with Crippen molar-refractivity contribution in [1.29, 1.82) is 0 Å². The minimum atomic E-state index is -0.0569. The minimum Gasteiger partial charge on any atom is -0.385 e. The van der Waals surface area contributed by atoms with Crippen LogP contribution in [-0.2, 0) is 9.53 Å². The Morgan fingerprint density at radius 3 is 2.67 bits per heavy atom. The molecule has 3 N–H and O–H groups in total. The van der Waals surface area contributed by atoms with Crippen LogP contribution in [0.2, 0.25) is 0 Å². The van der Waals surface area contributed by atoms with E-state index in [2.05, 4.69) is 16.0 Å². The first-order valence-corrected chi connectivity index (χ1v) is 5.38. The highest BCUT2D eigenvalue weighted by Gasteiger charge is 1.99. The van der Waals surface area contributed by atoms with Crippen molar-refractivity contribution < 1.29 is 9.53 Å². The predicted molar refractivity (Wildman–Crippen MR) is 63.8 cm³/mol. The van der Waals surface area contributed by atoms with Crippen LogP contribution in [-0.4, -0.2) is 44.4 Å². The maximum Gasteiger partial charge on any atom is 0.239 e. The zero-order chi connectivity index (χ0) is 11.5. The molecule has 0 heterocycles. The number of methoxy groups -OCH3 is 1. The van der Waals surface area contributed by atoms with Crippen molar-refractivity contribution >= 4 is 23.2 Å². The predicted octanol–water partition coefficient (Wildman–Crippen LogP) is -0.377. The third-order valence-corrected chi connectivity index (χ3v) is 1.88. The van der Waals surface area contributed by atoms with Gasteiger partial charge >= 0.3 is 0 Å². The van der Waals surface area contributed by atoms with Gasteiger partial charge in [0.2, 0.25) is 5.91 Å². The molecule has 1 amide bonds. The summed E-state index contributed by atoms with van der Waals surface area (Å²) in [6, 6.07) is 0. The molecule has 6 heteroatoms. The van der Waals surface area contributed by atoms with Gasteiger partial charge in [-0.15, -0.1) is 0 Å². The molecule has 0 atom stereocenters. The summed E-state index contributed by atoms with van der Waals surface area (Å²) in [5.41, 5.74) is 0. The highest BCUT2D eigenvalue weighted by molar-refractivity contribution is 7.80. The highest BCUT2D eigenvalue weighted by Crippen LogP contribution is 1.77. The summed E-state index contributed by atoms with van der Waals surface area (Å²) in [5.74, 6) is -0.0569. The molecule has 88 valence electrons. The molecule has 0 bridgehead atoms. The van der Waals surface area contributed by atoms with Gasteiger partial charge in [-0.2, -0.15) is 0 Å². The zero-order valence-corrected chi connectivity index (χ0v) is 10.1. The number of thiocarbonyl (C=S) groups is 1. The molecule has 0 spiro atoms. The molecule has 15 heavy (non-hydrogen) atoms. The lowest BCUT2D eigenvalue weighted by Gasteiger charge is -2.09. The molecule has 0 saturated carbocycles. The Hall–Kier alpha value is -0.880. The zero-order valence-electron chi connectivity index (χ0n) is 9.26. The Balaban J connectivity index is 3.36. The van der Waals surface area contributed by atoms with E-state index in [1.165, 1.54) is 0 Å². The molecule has 0 unspecified atom stereocenters. The smallest absolute Gasteiger partial charge is 0.239 e. The lowest BCUT2D eigenvalue weighted by molar-refractivity contribution is -0.119. The van der Waals surface area contributed by atoms with E-state index in [0.29, 0.717) is 18.3 Å². The topological polar surface area (TPSA) is 62.4 Å². The van der Waals surface area contributed by atoms with E-state index in [0.717, 1.165) is 13.0 Å². The minimum absolute atomic E-state index is 0.0569. The van der Waals surface area contributed by atoms with E-state index < -0.39 is 0 Å². The van der Waals surface area contributed by atoms with Crippen molar-refractivity contribution in [3.63, 3.8) is 0 Å². The summed E-state index contributed by atoms with van der Waals surface area (Å²) in [5, 5.41) is 8.95.